The summed E-state index contributed by atoms with van der Waals surface area (Å²) in [7, 11) is 0. The molecule has 17 heavy (non-hydrogen) atoms. The molecule has 0 saturated carbocycles. The Bertz CT molecular complexity index is 399. The monoisotopic (exact) mass is 229 g/mol. The van der Waals surface area contributed by atoms with E-state index in [2.05, 4.69) is 32.9 Å². The molecule has 1 rings (SSSR count). The molecule has 0 atom stereocenters. The fourth-order valence-corrected chi connectivity index (χ4v) is 2.45. The van der Waals surface area contributed by atoms with Gasteiger partial charge in [-0.3, -0.25) is 0 Å². The molecule has 0 unspecified atom stereocenters. The van der Waals surface area contributed by atoms with Gasteiger partial charge in [0.2, 0.25) is 0 Å². The highest BCUT2D eigenvalue weighted by Crippen LogP contribution is 2.23. The minimum Gasteiger partial charge on any atom is -0.192 e. The maximum Gasteiger partial charge on any atom is 0.0994 e. The summed E-state index contributed by atoms with van der Waals surface area (Å²) < 4.78 is 0. The zero-order valence-corrected chi connectivity index (χ0v) is 11.3. The van der Waals surface area contributed by atoms with Crippen LogP contribution in [0.4, 0.5) is 0 Å². The van der Waals surface area contributed by atoms with Crippen LogP contribution in [0.1, 0.15) is 62.3 Å². The summed E-state index contributed by atoms with van der Waals surface area (Å²) in [6, 6.07) is 6.52. The first-order valence-corrected chi connectivity index (χ1v) is 6.82. The SMILES string of the molecule is CCCc1ccc(C#N)c(CCC)c1CCC. The highest BCUT2D eigenvalue weighted by atomic mass is 14.3. The second-order valence-electron chi connectivity index (χ2n) is 4.59. The predicted molar refractivity (Wildman–Crippen MR) is 73.1 cm³/mol. The van der Waals surface area contributed by atoms with Gasteiger partial charge in [-0.05, 0) is 42.0 Å². The Labute approximate surface area is 105 Å². The normalized spacial score (nSPS) is 10.2. The molecular formula is C16H23N. The average molecular weight is 229 g/mol. The van der Waals surface area contributed by atoms with Crippen LogP contribution in [-0.2, 0) is 19.3 Å². The van der Waals surface area contributed by atoms with E-state index in [1.165, 1.54) is 23.1 Å². The number of aryl methyl sites for hydroxylation is 1. The Morgan fingerprint density at radius 3 is 2.00 bits per heavy atom. The molecular weight excluding hydrogens is 206 g/mol. The lowest BCUT2D eigenvalue weighted by Crippen LogP contribution is -2.03. The van der Waals surface area contributed by atoms with E-state index < -0.39 is 0 Å². The summed E-state index contributed by atoms with van der Waals surface area (Å²) in [6.45, 7) is 6.61. The van der Waals surface area contributed by atoms with E-state index in [0.29, 0.717) is 0 Å². The zero-order chi connectivity index (χ0) is 12.7. The van der Waals surface area contributed by atoms with Crippen molar-refractivity contribution in [1.29, 1.82) is 5.26 Å². The number of nitriles is 1. The molecule has 0 spiro atoms. The van der Waals surface area contributed by atoms with Crippen molar-refractivity contribution in [2.45, 2.75) is 59.3 Å². The number of rotatable bonds is 6. The van der Waals surface area contributed by atoms with Gasteiger partial charge in [0.25, 0.3) is 0 Å². The van der Waals surface area contributed by atoms with Gasteiger partial charge in [0.1, 0.15) is 0 Å². The van der Waals surface area contributed by atoms with Gasteiger partial charge in [-0.1, -0.05) is 46.1 Å². The number of benzene rings is 1. The van der Waals surface area contributed by atoms with E-state index in [1.54, 1.807) is 0 Å². The maximum absolute atomic E-state index is 9.21. The van der Waals surface area contributed by atoms with Gasteiger partial charge in [-0.25, -0.2) is 0 Å². The second kappa shape index (κ2) is 7.12. The summed E-state index contributed by atoms with van der Waals surface area (Å²) in [6.07, 6.45) is 6.73. The fraction of sp³-hybridized carbons (Fsp3) is 0.562. The van der Waals surface area contributed by atoms with Crippen LogP contribution in [0, 0.1) is 11.3 Å². The molecule has 0 saturated heterocycles. The van der Waals surface area contributed by atoms with Gasteiger partial charge < -0.3 is 0 Å². The Balaban J connectivity index is 3.26. The molecule has 1 heteroatoms. The van der Waals surface area contributed by atoms with Gasteiger partial charge in [0, 0.05) is 0 Å². The van der Waals surface area contributed by atoms with Crippen molar-refractivity contribution in [3.63, 3.8) is 0 Å². The quantitative estimate of drug-likeness (QED) is 0.708. The lowest BCUT2D eigenvalue weighted by Gasteiger charge is -2.15. The first-order valence-electron chi connectivity index (χ1n) is 6.82. The van der Waals surface area contributed by atoms with Gasteiger partial charge in [0.15, 0.2) is 0 Å². The van der Waals surface area contributed by atoms with Crippen LogP contribution in [0.15, 0.2) is 12.1 Å². The Morgan fingerprint density at radius 1 is 0.882 bits per heavy atom. The van der Waals surface area contributed by atoms with Crippen molar-refractivity contribution in [2.75, 3.05) is 0 Å². The highest BCUT2D eigenvalue weighted by Gasteiger charge is 2.11. The zero-order valence-electron chi connectivity index (χ0n) is 11.3. The number of nitrogens with zero attached hydrogens (tertiary/aromatic N) is 1. The Morgan fingerprint density at radius 2 is 1.47 bits per heavy atom. The Kier molecular flexibility index (Phi) is 5.77. The number of hydrogen-bond donors (Lipinski definition) is 0. The lowest BCUT2D eigenvalue weighted by molar-refractivity contribution is 0.823. The van der Waals surface area contributed by atoms with E-state index in [0.717, 1.165) is 37.7 Å². The molecule has 0 aliphatic heterocycles. The molecule has 0 radical (unpaired) electrons. The van der Waals surface area contributed by atoms with Crippen molar-refractivity contribution >= 4 is 0 Å². The molecule has 0 amide bonds. The molecule has 92 valence electrons. The summed E-state index contributed by atoms with van der Waals surface area (Å²) in [4.78, 5) is 0. The summed E-state index contributed by atoms with van der Waals surface area (Å²) in [5.74, 6) is 0. The molecule has 0 aliphatic carbocycles. The first kappa shape index (κ1) is 13.8. The average Bonchev–Trinajstić information content (AvgIpc) is 2.34. The van der Waals surface area contributed by atoms with Crippen molar-refractivity contribution < 1.29 is 0 Å². The second-order valence-corrected chi connectivity index (χ2v) is 4.59. The summed E-state index contributed by atoms with van der Waals surface area (Å²) >= 11 is 0. The molecule has 1 aromatic rings. The van der Waals surface area contributed by atoms with E-state index >= 15 is 0 Å². The van der Waals surface area contributed by atoms with Crippen molar-refractivity contribution in [2.24, 2.45) is 0 Å². The number of hydrogen-bond acceptors (Lipinski definition) is 1. The van der Waals surface area contributed by atoms with Gasteiger partial charge in [-0.15, -0.1) is 0 Å². The van der Waals surface area contributed by atoms with Gasteiger partial charge in [-0.2, -0.15) is 5.26 Å². The topological polar surface area (TPSA) is 23.8 Å². The molecule has 1 aromatic carbocycles. The molecule has 0 aromatic heterocycles. The minimum atomic E-state index is 0.884. The fourth-order valence-electron chi connectivity index (χ4n) is 2.45. The van der Waals surface area contributed by atoms with Gasteiger partial charge in [0.05, 0.1) is 11.6 Å². The third-order valence-corrected chi connectivity index (χ3v) is 3.17. The van der Waals surface area contributed by atoms with Crippen molar-refractivity contribution in [1.82, 2.24) is 0 Å². The minimum absolute atomic E-state index is 0.884. The largest absolute Gasteiger partial charge is 0.192 e. The molecule has 0 N–H and O–H groups in total. The Hall–Kier alpha value is -1.29. The molecule has 0 bridgehead atoms. The molecule has 0 heterocycles. The third kappa shape index (κ3) is 3.33. The highest BCUT2D eigenvalue weighted by molar-refractivity contribution is 5.47. The molecule has 1 nitrogen and oxygen atoms in total. The van der Waals surface area contributed by atoms with E-state index in [1.807, 2.05) is 6.07 Å². The first-order chi connectivity index (χ1) is 8.28. The third-order valence-electron chi connectivity index (χ3n) is 3.17. The van der Waals surface area contributed by atoms with E-state index in [4.69, 9.17) is 0 Å². The van der Waals surface area contributed by atoms with Crippen LogP contribution in [0.25, 0.3) is 0 Å². The summed E-state index contributed by atoms with van der Waals surface area (Å²) in [5, 5.41) is 9.21. The molecule has 0 fully saturated rings. The van der Waals surface area contributed by atoms with Gasteiger partial charge >= 0.3 is 0 Å². The van der Waals surface area contributed by atoms with Crippen molar-refractivity contribution in [3.05, 3.63) is 34.4 Å². The van der Waals surface area contributed by atoms with Crippen LogP contribution >= 0.6 is 0 Å². The molecule has 0 aliphatic rings. The summed E-state index contributed by atoms with van der Waals surface area (Å²) in [5.41, 5.74) is 5.10. The smallest absolute Gasteiger partial charge is 0.0994 e. The van der Waals surface area contributed by atoms with E-state index in [-0.39, 0.29) is 0 Å². The van der Waals surface area contributed by atoms with Crippen LogP contribution in [0.5, 0.6) is 0 Å². The van der Waals surface area contributed by atoms with Crippen LogP contribution in [0.2, 0.25) is 0 Å². The maximum atomic E-state index is 9.21. The van der Waals surface area contributed by atoms with E-state index in [9.17, 15) is 5.26 Å². The van der Waals surface area contributed by atoms with Crippen LogP contribution in [-0.4, -0.2) is 0 Å². The lowest BCUT2D eigenvalue weighted by atomic mass is 9.89. The standard InChI is InChI=1S/C16H23N/c1-4-7-13-10-11-14(12-17)16(9-6-3)15(13)8-5-2/h10-11H,4-9H2,1-3H3. The van der Waals surface area contributed by atoms with Crippen LogP contribution in [0.3, 0.4) is 0 Å². The van der Waals surface area contributed by atoms with Crippen LogP contribution < -0.4 is 0 Å². The van der Waals surface area contributed by atoms with Crippen molar-refractivity contribution in [3.8, 4) is 6.07 Å². The predicted octanol–water partition coefficient (Wildman–Crippen LogP) is 4.42.